The number of anilines is 2. The molecule has 0 saturated heterocycles. The van der Waals surface area contributed by atoms with E-state index in [2.05, 4.69) is 72.6 Å². The lowest BCUT2D eigenvalue weighted by atomic mass is 9.87. The molecule has 0 aliphatic heterocycles. The number of amides is 1. The molecule has 5 nitrogen and oxygen atoms in total. The van der Waals surface area contributed by atoms with Gasteiger partial charge in [-0.05, 0) is 48.6 Å². The van der Waals surface area contributed by atoms with Crippen molar-refractivity contribution in [1.82, 2.24) is 9.97 Å². The van der Waals surface area contributed by atoms with E-state index in [1.807, 2.05) is 31.2 Å². The molecule has 3 rings (SSSR count). The number of nitrogens with zero attached hydrogens (tertiary/aromatic N) is 2. The Labute approximate surface area is 172 Å². The van der Waals surface area contributed by atoms with Crippen molar-refractivity contribution >= 4 is 17.5 Å². The number of nitrogens with one attached hydrogen (secondary N) is 2. The van der Waals surface area contributed by atoms with E-state index < -0.39 is 0 Å². The van der Waals surface area contributed by atoms with Crippen molar-refractivity contribution in [1.29, 1.82) is 0 Å². The highest BCUT2D eigenvalue weighted by Crippen LogP contribution is 2.23. The SMILES string of the molecule is Cc1ccc(CNc2nc(C)cc(C(=O)Nc3ccc(C(C)(C)C)cc3)n2)cc1. The van der Waals surface area contributed by atoms with E-state index in [-0.39, 0.29) is 11.3 Å². The summed E-state index contributed by atoms with van der Waals surface area (Å²) < 4.78 is 0. The van der Waals surface area contributed by atoms with Gasteiger partial charge in [-0.2, -0.15) is 0 Å². The lowest BCUT2D eigenvalue weighted by Crippen LogP contribution is -2.16. The average Bonchev–Trinajstić information content (AvgIpc) is 2.67. The maximum atomic E-state index is 12.7. The zero-order chi connectivity index (χ0) is 21.0. The minimum atomic E-state index is -0.252. The summed E-state index contributed by atoms with van der Waals surface area (Å²) in [5.74, 6) is 0.191. The molecule has 0 spiro atoms. The molecule has 1 aromatic heterocycles. The molecule has 1 heterocycles. The van der Waals surface area contributed by atoms with Crippen LogP contribution in [0.4, 0.5) is 11.6 Å². The summed E-state index contributed by atoms with van der Waals surface area (Å²) >= 11 is 0. The van der Waals surface area contributed by atoms with Crippen molar-refractivity contribution in [3.63, 3.8) is 0 Å². The van der Waals surface area contributed by atoms with Crippen molar-refractivity contribution in [2.45, 2.75) is 46.6 Å². The molecule has 0 atom stereocenters. The van der Waals surface area contributed by atoms with Crippen molar-refractivity contribution in [2.75, 3.05) is 10.6 Å². The van der Waals surface area contributed by atoms with Crippen LogP contribution >= 0.6 is 0 Å². The first-order chi connectivity index (χ1) is 13.7. The molecule has 5 heteroatoms. The van der Waals surface area contributed by atoms with Crippen LogP contribution < -0.4 is 10.6 Å². The van der Waals surface area contributed by atoms with E-state index in [0.29, 0.717) is 18.2 Å². The summed E-state index contributed by atoms with van der Waals surface area (Å²) in [4.78, 5) is 21.5. The zero-order valence-corrected chi connectivity index (χ0v) is 17.7. The Morgan fingerprint density at radius 3 is 2.21 bits per heavy atom. The number of aromatic nitrogens is 2. The van der Waals surface area contributed by atoms with Crippen LogP contribution in [0.25, 0.3) is 0 Å². The second-order valence-electron chi connectivity index (χ2n) is 8.34. The molecule has 0 unspecified atom stereocenters. The number of carbonyl (C=O) groups is 1. The number of carbonyl (C=O) groups excluding carboxylic acids is 1. The van der Waals surface area contributed by atoms with Crippen molar-refractivity contribution in [3.05, 3.63) is 82.7 Å². The molecule has 0 saturated carbocycles. The summed E-state index contributed by atoms with van der Waals surface area (Å²) in [5, 5.41) is 6.12. The molecular weight excluding hydrogens is 360 g/mol. The fourth-order valence-electron chi connectivity index (χ4n) is 2.90. The van der Waals surface area contributed by atoms with Gasteiger partial charge in [0.25, 0.3) is 5.91 Å². The molecule has 2 aromatic carbocycles. The van der Waals surface area contributed by atoms with Gasteiger partial charge < -0.3 is 10.6 Å². The van der Waals surface area contributed by atoms with Crippen molar-refractivity contribution < 1.29 is 4.79 Å². The van der Waals surface area contributed by atoms with E-state index in [4.69, 9.17) is 0 Å². The van der Waals surface area contributed by atoms with E-state index >= 15 is 0 Å². The summed E-state index contributed by atoms with van der Waals surface area (Å²) in [6, 6.07) is 17.9. The van der Waals surface area contributed by atoms with Crippen molar-refractivity contribution in [2.24, 2.45) is 0 Å². The predicted octanol–water partition coefficient (Wildman–Crippen LogP) is 5.26. The first-order valence-corrected chi connectivity index (χ1v) is 9.78. The Hall–Kier alpha value is -3.21. The largest absolute Gasteiger partial charge is 0.350 e. The van der Waals surface area contributed by atoms with Crippen LogP contribution in [0.2, 0.25) is 0 Å². The predicted molar refractivity (Wildman–Crippen MR) is 118 cm³/mol. The highest BCUT2D eigenvalue weighted by Gasteiger charge is 2.14. The van der Waals surface area contributed by atoms with Gasteiger partial charge in [-0.3, -0.25) is 4.79 Å². The number of rotatable bonds is 5. The standard InChI is InChI=1S/C24H28N4O/c1-16-6-8-18(9-7-16)15-25-23-26-17(2)14-21(28-23)22(29)27-20-12-10-19(11-13-20)24(3,4)5/h6-14H,15H2,1-5H3,(H,27,29)(H,25,26,28). The topological polar surface area (TPSA) is 66.9 Å². The highest BCUT2D eigenvalue weighted by molar-refractivity contribution is 6.03. The van der Waals surface area contributed by atoms with Gasteiger partial charge in [0.1, 0.15) is 5.69 Å². The highest BCUT2D eigenvalue weighted by atomic mass is 16.1. The van der Waals surface area contributed by atoms with Crippen LogP contribution in [0.3, 0.4) is 0 Å². The molecule has 0 fully saturated rings. The maximum absolute atomic E-state index is 12.7. The van der Waals surface area contributed by atoms with E-state index in [1.54, 1.807) is 6.07 Å². The Morgan fingerprint density at radius 1 is 0.931 bits per heavy atom. The van der Waals surface area contributed by atoms with E-state index in [9.17, 15) is 4.79 Å². The van der Waals surface area contributed by atoms with Crippen LogP contribution in [0.1, 0.15) is 53.6 Å². The minimum Gasteiger partial charge on any atom is -0.350 e. The van der Waals surface area contributed by atoms with Crippen LogP contribution in [-0.2, 0) is 12.0 Å². The summed E-state index contributed by atoms with van der Waals surface area (Å²) in [7, 11) is 0. The third-order valence-corrected chi connectivity index (χ3v) is 4.67. The minimum absolute atomic E-state index is 0.0737. The summed E-state index contributed by atoms with van der Waals surface area (Å²) in [6.07, 6.45) is 0. The Morgan fingerprint density at radius 2 is 1.59 bits per heavy atom. The normalized spacial score (nSPS) is 11.2. The number of benzene rings is 2. The van der Waals surface area contributed by atoms with Crippen LogP contribution in [-0.4, -0.2) is 15.9 Å². The lowest BCUT2D eigenvalue weighted by Gasteiger charge is -2.19. The molecule has 0 radical (unpaired) electrons. The average molecular weight is 389 g/mol. The van der Waals surface area contributed by atoms with Gasteiger partial charge in [-0.15, -0.1) is 0 Å². The second-order valence-corrected chi connectivity index (χ2v) is 8.34. The molecule has 2 N–H and O–H groups in total. The number of hydrogen-bond donors (Lipinski definition) is 2. The zero-order valence-electron chi connectivity index (χ0n) is 17.7. The Kier molecular flexibility index (Phi) is 5.97. The van der Waals surface area contributed by atoms with Gasteiger partial charge in [-0.1, -0.05) is 62.7 Å². The first kappa shape index (κ1) is 20.5. The lowest BCUT2D eigenvalue weighted by molar-refractivity contribution is 0.102. The third-order valence-electron chi connectivity index (χ3n) is 4.67. The van der Waals surface area contributed by atoms with E-state index in [0.717, 1.165) is 16.9 Å². The van der Waals surface area contributed by atoms with E-state index in [1.165, 1.54) is 11.1 Å². The Balaban J connectivity index is 1.69. The van der Waals surface area contributed by atoms with Gasteiger partial charge in [0.2, 0.25) is 5.95 Å². The van der Waals surface area contributed by atoms with Crippen LogP contribution in [0.5, 0.6) is 0 Å². The van der Waals surface area contributed by atoms with Gasteiger partial charge in [-0.25, -0.2) is 9.97 Å². The second kappa shape index (κ2) is 8.43. The maximum Gasteiger partial charge on any atom is 0.274 e. The smallest absolute Gasteiger partial charge is 0.274 e. The summed E-state index contributed by atoms with van der Waals surface area (Å²) in [6.45, 7) is 11.0. The molecule has 0 aliphatic carbocycles. The quantitative estimate of drug-likeness (QED) is 0.626. The van der Waals surface area contributed by atoms with Crippen molar-refractivity contribution in [3.8, 4) is 0 Å². The molecule has 29 heavy (non-hydrogen) atoms. The first-order valence-electron chi connectivity index (χ1n) is 9.78. The molecule has 150 valence electrons. The van der Waals surface area contributed by atoms with Gasteiger partial charge in [0.15, 0.2) is 0 Å². The van der Waals surface area contributed by atoms with Gasteiger partial charge in [0.05, 0.1) is 0 Å². The molecule has 1 amide bonds. The molecule has 3 aromatic rings. The molecule has 0 aliphatic rings. The number of aryl methyl sites for hydroxylation is 2. The molecular formula is C24H28N4O. The fraction of sp³-hybridized carbons (Fsp3) is 0.292. The third kappa shape index (κ3) is 5.64. The van der Waals surface area contributed by atoms with Crippen LogP contribution in [0.15, 0.2) is 54.6 Å². The fourth-order valence-corrected chi connectivity index (χ4v) is 2.90. The molecule has 0 bridgehead atoms. The van der Waals surface area contributed by atoms with Gasteiger partial charge in [0, 0.05) is 17.9 Å². The van der Waals surface area contributed by atoms with Crippen LogP contribution in [0, 0.1) is 13.8 Å². The summed E-state index contributed by atoms with van der Waals surface area (Å²) in [5.41, 5.74) is 5.46. The van der Waals surface area contributed by atoms with Gasteiger partial charge >= 0.3 is 0 Å². The number of hydrogen-bond acceptors (Lipinski definition) is 4. The Bertz CT molecular complexity index is 987. The monoisotopic (exact) mass is 388 g/mol.